The van der Waals surface area contributed by atoms with Gasteiger partial charge in [-0.25, -0.2) is 0 Å². The molecule has 3 amide bonds. The van der Waals surface area contributed by atoms with E-state index in [4.69, 9.17) is 5.11 Å². The van der Waals surface area contributed by atoms with Crippen molar-refractivity contribution in [1.82, 2.24) is 25.2 Å². The number of amides is 3. The van der Waals surface area contributed by atoms with Gasteiger partial charge in [0.15, 0.2) is 0 Å². The molecule has 1 aromatic rings. The Morgan fingerprint density at radius 2 is 1.86 bits per heavy atom. The van der Waals surface area contributed by atoms with Crippen molar-refractivity contribution in [1.29, 1.82) is 0 Å². The summed E-state index contributed by atoms with van der Waals surface area (Å²) in [5.41, 5.74) is 0.685. The van der Waals surface area contributed by atoms with Gasteiger partial charge in [-0.1, -0.05) is 46.3 Å². The number of carbonyl (C=O) groups is 3. The fourth-order valence-corrected chi connectivity index (χ4v) is 3.98. The summed E-state index contributed by atoms with van der Waals surface area (Å²) in [6, 6.07) is 0. The highest BCUT2D eigenvalue weighted by molar-refractivity contribution is 6.03. The number of imide groups is 1. The number of nitrogens with zero attached hydrogens (tertiary/aromatic N) is 4. The van der Waals surface area contributed by atoms with Gasteiger partial charge in [-0.15, -0.1) is 5.10 Å². The van der Waals surface area contributed by atoms with Crippen molar-refractivity contribution in [3.63, 3.8) is 0 Å². The first kappa shape index (κ1) is 31.7. The Hall–Kier alpha value is -2.29. The smallest absolute Gasteiger partial charge is 0.233 e. The lowest BCUT2D eigenvalue weighted by atomic mass is 9.94. The summed E-state index contributed by atoms with van der Waals surface area (Å²) in [7, 11) is 0. The normalized spacial score (nSPS) is 16.1. The zero-order chi connectivity index (χ0) is 27.3. The second-order valence-corrected chi connectivity index (χ2v) is 11.2. The van der Waals surface area contributed by atoms with Crippen LogP contribution in [0.3, 0.4) is 0 Å². The van der Waals surface area contributed by atoms with Gasteiger partial charge in [-0.05, 0) is 57.8 Å². The molecule has 2 heterocycles. The largest absolute Gasteiger partial charge is 0.396 e. The molecular weight excluding hydrogens is 458 g/mol. The molecule has 0 bridgehead atoms. The molecule has 1 fully saturated rings. The molecule has 1 aliphatic rings. The second kappa shape index (κ2) is 15.7. The van der Waals surface area contributed by atoms with Crippen molar-refractivity contribution >= 4 is 17.7 Å². The van der Waals surface area contributed by atoms with Crippen LogP contribution in [-0.2, 0) is 27.3 Å². The van der Waals surface area contributed by atoms with Crippen LogP contribution < -0.4 is 5.32 Å². The minimum atomic E-state index is -0.397. The molecule has 1 unspecified atom stereocenters. The maximum Gasteiger partial charge on any atom is 0.233 e. The van der Waals surface area contributed by atoms with Crippen LogP contribution in [0.4, 0.5) is 0 Å². The first-order valence-electron chi connectivity index (χ1n) is 13.5. The molecule has 0 radical (unpaired) electrons. The Morgan fingerprint density at radius 1 is 1.17 bits per heavy atom. The molecule has 1 saturated heterocycles. The fraction of sp³-hybridized carbons (Fsp3) is 0.815. The average Bonchev–Trinajstić information content (AvgIpc) is 3.36. The molecule has 36 heavy (non-hydrogen) atoms. The van der Waals surface area contributed by atoms with E-state index in [9.17, 15) is 14.4 Å². The zero-order valence-electron chi connectivity index (χ0n) is 23.5. The Morgan fingerprint density at radius 3 is 2.39 bits per heavy atom. The van der Waals surface area contributed by atoms with E-state index >= 15 is 0 Å². The van der Waals surface area contributed by atoms with Crippen LogP contribution in [0.2, 0.25) is 0 Å². The van der Waals surface area contributed by atoms with E-state index in [2.05, 4.69) is 36.4 Å². The van der Waals surface area contributed by atoms with Gasteiger partial charge in [-0.2, -0.15) is 0 Å². The number of aromatic nitrogens is 3. The summed E-state index contributed by atoms with van der Waals surface area (Å²) in [5, 5.41) is 19.9. The number of rotatable bonds is 14. The molecule has 1 atom stereocenters. The van der Waals surface area contributed by atoms with Gasteiger partial charge in [0.25, 0.3) is 0 Å². The third-order valence-electron chi connectivity index (χ3n) is 6.47. The van der Waals surface area contributed by atoms with Gasteiger partial charge in [0.1, 0.15) is 0 Å². The summed E-state index contributed by atoms with van der Waals surface area (Å²) in [6.07, 6.45) is 7.72. The molecule has 0 spiro atoms. The lowest BCUT2D eigenvalue weighted by Crippen LogP contribution is -2.43. The highest BCUT2D eigenvalue weighted by Gasteiger charge is 2.39. The summed E-state index contributed by atoms with van der Waals surface area (Å²) < 4.78 is 1.93. The molecule has 9 heteroatoms. The highest BCUT2D eigenvalue weighted by Crippen LogP contribution is 2.26. The van der Waals surface area contributed by atoms with Crippen molar-refractivity contribution < 1.29 is 19.5 Å². The molecule has 0 aliphatic carbocycles. The monoisotopic (exact) mass is 507 g/mol. The maximum absolute atomic E-state index is 12.2. The average molecular weight is 508 g/mol. The Bertz CT molecular complexity index is 819. The predicted molar refractivity (Wildman–Crippen MR) is 141 cm³/mol. The quantitative estimate of drug-likeness (QED) is 0.293. The Labute approximate surface area is 217 Å². The van der Waals surface area contributed by atoms with Crippen molar-refractivity contribution in [3.8, 4) is 0 Å². The van der Waals surface area contributed by atoms with E-state index in [0.717, 1.165) is 43.8 Å². The molecule has 1 aliphatic heterocycles. The molecule has 2 N–H and O–H groups in total. The summed E-state index contributed by atoms with van der Waals surface area (Å²) >= 11 is 0. The summed E-state index contributed by atoms with van der Waals surface area (Å²) in [6.45, 7) is 15.7. The highest BCUT2D eigenvalue weighted by atomic mass is 16.3. The molecular formula is C27H49N5O4. The lowest BCUT2D eigenvalue weighted by molar-refractivity contribution is -0.139. The van der Waals surface area contributed by atoms with E-state index < -0.39 is 5.54 Å². The van der Waals surface area contributed by atoms with Crippen LogP contribution in [0.15, 0.2) is 6.20 Å². The van der Waals surface area contributed by atoms with Gasteiger partial charge in [0.05, 0.1) is 5.69 Å². The van der Waals surface area contributed by atoms with Crippen LogP contribution >= 0.6 is 0 Å². The van der Waals surface area contributed by atoms with E-state index in [0.29, 0.717) is 25.8 Å². The minimum absolute atomic E-state index is 0.0263. The number of aryl methyl sites for hydroxylation is 2. The van der Waals surface area contributed by atoms with Crippen molar-refractivity contribution in [2.75, 3.05) is 13.2 Å². The molecule has 1 aromatic heterocycles. The van der Waals surface area contributed by atoms with Crippen LogP contribution in [0.5, 0.6) is 0 Å². The van der Waals surface area contributed by atoms with Gasteiger partial charge in [0, 0.05) is 50.2 Å². The number of hydrogen-bond acceptors (Lipinski definition) is 6. The van der Waals surface area contributed by atoms with E-state index in [1.54, 1.807) is 0 Å². The molecule has 2 rings (SSSR count). The Kier molecular flexibility index (Phi) is 13.9. The number of aliphatic hydroxyl groups excluding tert-OH is 1. The van der Waals surface area contributed by atoms with E-state index in [-0.39, 0.29) is 36.2 Å². The van der Waals surface area contributed by atoms with Gasteiger partial charge >= 0.3 is 0 Å². The number of nitrogens with one attached hydrogen (secondary N) is 1. The SMILES string of the molecule is CC(C)C1CC(=O)N(CCCCCC(=O)NC(C)(C)CCO)C1=O.CCc1cn(CCC(C)C)nn1. The van der Waals surface area contributed by atoms with Crippen molar-refractivity contribution in [2.45, 2.75) is 112 Å². The second-order valence-electron chi connectivity index (χ2n) is 11.2. The molecule has 0 aromatic carbocycles. The first-order chi connectivity index (χ1) is 16.9. The third kappa shape index (κ3) is 11.6. The molecule has 0 saturated carbocycles. The van der Waals surface area contributed by atoms with E-state index in [1.165, 1.54) is 11.3 Å². The predicted octanol–water partition coefficient (Wildman–Crippen LogP) is 3.74. The zero-order valence-corrected chi connectivity index (χ0v) is 23.5. The minimum Gasteiger partial charge on any atom is -0.396 e. The van der Waals surface area contributed by atoms with Crippen molar-refractivity contribution in [3.05, 3.63) is 11.9 Å². The van der Waals surface area contributed by atoms with Gasteiger partial charge in [0.2, 0.25) is 17.7 Å². The lowest BCUT2D eigenvalue weighted by Gasteiger charge is -2.25. The standard InChI is InChI=1S/C18H32N2O4.C9H17N3/c1-13(2)14-12-16(23)20(17(14)24)10-7-5-6-8-15(22)19-18(3,4)9-11-21;1-4-9-7-12(11-10-9)6-5-8(2)3/h13-14,21H,5-12H2,1-4H3,(H,19,22);7-8H,4-6H2,1-3H3. The number of likely N-dealkylation sites (tertiary alicyclic amines) is 1. The van der Waals surface area contributed by atoms with Crippen LogP contribution in [-0.4, -0.2) is 61.4 Å². The van der Waals surface area contributed by atoms with E-state index in [1.807, 2.05) is 38.6 Å². The topological polar surface area (TPSA) is 117 Å². The number of unbranched alkanes of at least 4 members (excludes halogenated alkanes) is 2. The first-order valence-corrected chi connectivity index (χ1v) is 13.5. The van der Waals surface area contributed by atoms with Gasteiger partial charge in [-0.3, -0.25) is 24.0 Å². The number of hydrogen-bond donors (Lipinski definition) is 2. The Balaban J connectivity index is 0.000000450. The molecule has 9 nitrogen and oxygen atoms in total. The third-order valence-corrected chi connectivity index (χ3v) is 6.47. The summed E-state index contributed by atoms with van der Waals surface area (Å²) in [5.74, 6) is 0.621. The molecule has 206 valence electrons. The fourth-order valence-electron chi connectivity index (χ4n) is 3.98. The van der Waals surface area contributed by atoms with Crippen LogP contribution in [0, 0.1) is 17.8 Å². The van der Waals surface area contributed by atoms with Crippen LogP contribution in [0.1, 0.15) is 99.1 Å². The van der Waals surface area contributed by atoms with Crippen LogP contribution in [0.25, 0.3) is 0 Å². The number of carbonyl (C=O) groups excluding carboxylic acids is 3. The van der Waals surface area contributed by atoms with Gasteiger partial charge < -0.3 is 10.4 Å². The van der Waals surface area contributed by atoms with Crippen molar-refractivity contribution in [2.24, 2.45) is 17.8 Å². The summed E-state index contributed by atoms with van der Waals surface area (Å²) in [4.78, 5) is 37.3. The maximum atomic E-state index is 12.2. The number of aliphatic hydroxyl groups is 1.